The van der Waals surface area contributed by atoms with Crippen LogP contribution in [0.5, 0.6) is 0 Å². The van der Waals surface area contributed by atoms with Crippen LogP contribution in [-0.4, -0.2) is 39.5 Å². The van der Waals surface area contributed by atoms with Crippen molar-refractivity contribution in [1.29, 1.82) is 0 Å². The molecule has 0 unspecified atom stereocenters. The molecule has 1 aromatic heterocycles. The minimum atomic E-state index is -0.871. The molecule has 1 aromatic rings. The molecular formula is C15H22N2O3. The van der Waals surface area contributed by atoms with E-state index in [-0.39, 0.29) is 5.91 Å². The molecule has 1 aliphatic rings. The highest BCUT2D eigenvalue weighted by molar-refractivity contribution is 5.85. The van der Waals surface area contributed by atoms with Crippen LogP contribution in [0.15, 0.2) is 18.3 Å². The molecule has 0 radical (unpaired) electrons. The molecule has 1 N–H and O–H groups in total. The van der Waals surface area contributed by atoms with Gasteiger partial charge in [-0.2, -0.15) is 0 Å². The number of aromatic nitrogens is 1. The second kappa shape index (κ2) is 6.59. The van der Waals surface area contributed by atoms with Crippen molar-refractivity contribution in [2.24, 2.45) is 5.92 Å². The maximum absolute atomic E-state index is 11.2. The van der Waals surface area contributed by atoms with Gasteiger partial charge in [0.25, 0.3) is 0 Å². The van der Waals surface area contributed by atoms with Gasteiger partial charge in [-0.05, 0) is 43.7 Å². The lowest BCUT2D eigenvalue weighted by molar-refractivity contribution is -0.130. The van der Waals surface area contributed by atoms with Crippen LogP contribution in [0, 0.1) is 5.92 Å². The van der Waals surface area contributed by atoms with E-state index in [4.69, 9.17) is 5.11 Å². The maximum atomic E-state index is 11.2. The van der Waals surface area contributed by atoms with Gasteiger partial charge >= 0.3 is 5.97 Å². The Morgan fingerprint density at radius 2 is 2.05 bits per heavy atom. The van der Waals surface area contributed by atoms with E-state index >= 15 is 0 Å². The summed E-state index contributed by atoms with van der Waals surface area (Å²) in [5, 5.41) is 9.03. The molecule has 5 heteroatoms. The number of carbonyl (C=O) groups excluding carboxylic acids is 1. The molecule has 0 spiro atoms. The fraction of sp³-hybridized carbons (Fsp3) is 0.600. The summed E-state index contributed by atoms with van der Waals surface area (Å²) >= 11 is 0. The average molecular weight is 278 g/mol. The van der Waals surface area contributed by atoms with Gasteiger partial charge in [-0.1, -0.05) is 0 Å². The summed E-state index contributed by atoms with van der Waals surface area (Å²) in [4.78, 5) is 24.1. The van der Waals surface area contributed by atoms with Gasteiger partial charge in [-0.3, -0.25) is 4.79 Å². The number of aromatic carboxylic acids is 1. The van der Waals surface area contributed by atoms with E-state index < -0.39 is 5.97 Å². The third kappa shape index (κ3) is 3.62. The van der Waals surface area contributed by atoms with Gasteiger partial charge in [0.2, 0.25) is 5.91 Å². The van der Waals surface area contributed by atoms with Crippen LogP contribution in [0.2, 0.25) is 0 Å². The number of hydrogen-bond donors (Lipinski definition) is 1. The fourth-order valence-corrected chi connectivity index (χ4v) is 2.89. The molecule has 5 nitrogen and oxygen atoms in total. The molecule has 110 valence electrons. The lowest BCUT2D eigenvalue weighted by Crippen LogP contribution is -2.36. The van der Waals surface area contributed by atoms with Crippen molar-refractivity contribution in [3.63, 3.8) is 0 Å². The molecule has 2 heterocycles. The third-order valence-corrected chi connectivity index (χ3v) is 4.12. The number of carbonyl (C=O) groups is 2. The maximum Gasteiger partial charge on any atom is 0.352 e. The van der Waals surface area contributed by atoms with Crippen LogP contribution in [0.25, 0.3) is 0 Å². The van der Waals surface area contributed by atoms with Crippen molar-refractivity contribution in [2.75, 3.05) is 13.1 Å². The highest BCUT2D eigenvalue weighted by Gasteiger charge is 2.20. The van der Waals surface area contributed by atoms with Crippen LogP contribution in [-0.2, 0) is 11.3 Å². The molecule has 0 atom stereocenters. The van der Waals surface area contributed by atoms with Crippen LogP contribution in [0.3, 0.4) is 0 Å². The Balaban J connectivity index is 1.73. The lowest BCUT2D eigenvalue weighted by Gasteiger charge is -2.31. The molecule has 0 aromatic carbocycles. The summed E-state index contributed by atoms with van der Waals surface area (Å²) in [5.41, 5.74) is 0.358. The Bertz CT molecular complexity index is 473. The second-order valence-electron chi connectivity index (χ2n) is 5.48. The molecule has 1 aliphatic heterocycles. The summed E-state index contributed by atoms with van der Waals surface area (Å²) < 4.78 is 1.80. The highest BCUT2D eigenvalue weighted by atomic mass is 16.4. The topological polar surface area (TPSA) is 62.5 Å². The normalized spacial score (nSPS) is 16.4. The van der Waals surface area contributed by atoms with Gasteiger partial charge in [-0.25, -0.2) is 4.79 Å². The SMILES string of the molecule is CC(=O)N1CCC(CCCn2cccc2C(=O)O)CC1. The molecule has 1 amide bonds. The van der Waals surface area contributed by atoms with Crippen LogP contribution in [0.1, 0.15) is 43.1 Å². The summed E-state index contributed by atoms with van der Waals surface area (Å²) in [6, 6.07) is 3.41. The van der Waals surface area contributed by atoms with E-state index in [9.17, 15) is 9.59 Å². The van der Waals surface area contributed by atoms with E-state index in [1.54, 1.807) is 23.6 Å². The van der Waals surface area contributed by atoms with Gasteiger partial charge in [-0.15, -0.1) is 0 Å². The minimum Gasteiger partial charge on any atom is -0.477 e. The number of hydrogen-bond acceptors (Lipinski definition) is 2. The second-order valence-corrected chi connectivity index (χ2v) is 5.48. The first-order chi connectivity index (χ1) is 9.58. The molecule has 1 saturated heterocycles. The highest BCUT2D eigenvalue weighted by Crippen LogP contribution is 2.22. The Kier molecular flexibility index (Phi) is 4.82. The predicted octanol–water partition coefficient (Wildman–Crippen LogP) is 2.23. The summed E-state index contributed by atoms with van der Waals surface area (Å²) in [6.07, 6.45) is 6.04. The van der Waals surface area contributed by atoms with Crippen molar-refractivity contribution in [2.45, 2.75) is 39.2 Å². The standard InChI is InChI=1S/C15H22N2O3/c1-12(18)16-10-6-13(7-11-16)4-2-8-17-9-3-5-14(17)15(19)20/h3,5,9,13H,2,4,6-8,10-11H2,1H3,(H,19,20). The number of aryl methyl sites for hydroxylation is 1. The van der Waals surface area contributed by atoms with Crippen LogP contribution in [0.4, 0.5) is 0 Å². The van der Waals surface area contributed by atoms with Crippen molar-refractivity contribution in [1.82, 2.24) is 9.47 Å². The van der Waals surface area contributed by atoms with Crippen molar-refractivity contribution >= 4 is 11.9 Å². The van der Waals surface area contributed by atoms with E-state index in [1.807, 2.05) is 11.1 Å². The van der Waals surface area contributed by atoms with E-state index in [2.05, 4.69) is 0 Å². The van der Waals surface area contributed by atoms with Crippen molar-refractivity contribution < 1.29 is 14.7 Å². The predicted molar refractivity (Wildman–Crippen MR) is 75.6 cm³/mol. The largest absolute Gasteiger partial charge is 0.477 e. The number of nitrogens with zero attached hydrogens (tertiary/aromatic N) is 2. The Morgan fingerprint density at radius 3 is 2.65 bits per heavy atom. The molecule has 2 rings (SSSR count). The fourth-order valence-electron chi connectivity index (χ4n) is 2.89. The van der Waals surface area contributed by atoms with Gasteiger partial charge in [0, 0.05) is 32.8 Å². The summed E-state index contributed by atoms with van der Waals surface area (Å²) in [7, 11) is 0. The number of rotatable bonds is 5. The smallest absolute Gasteiger partial charge is 0.352 e. The zero-order valence-electron chi connectivity index (χ0n) is 11.9. The zero-order valence-corrected chi connectivity index (χ0v) is 11.9. The Hall–Kier alpha value is -1.78. The Labute approximate surface area is 119 Å². The summed E-state index contributed by atoms with van der Waals surface area (Å²) in [5.74, 6) is -0.0407. The van der Waals surface area contributed by atoms with Gasteiger partial charge in [0.15, 0.2) is 0 Å². The molecule has 0 bridgehead atoms. The third-order valence-electron chi connectivity index (χ3n) is 4.12. The molecule has 1 fully saturated rings. The first kappa shape index (κ1) is 14.6. The number of amides is 1. The first-order valence-corrected chi connectivity index (χ1v) is 7.22. The van der Waals surface area contributed by atoms with E-state index in [1.165, 1.54) is 0 Å². The summed E-state index contributed by atoms with van der Waals surface area (Å²) in [6.45, 7) is 4.11. The van der Waals surface area contributed by atoms with Crippen molar-refractivity contribution in [3.8, 4) is 0 Å². The van der Waals surface area contributed by atoms with Gasteiger partial charge < -0.3 is 14.6 Å². The minimum absolute atomic E-state index is 0.168. The zero-order chi connectivity index (χ0) is 14.5. The Morgan fingerprint density at radius 1 is 1.35 bits per heavy atom. The molecular weight excluding hydrogens is 256 g/mol. The molecule has 0 saturated carbocycles. The number of piperidine rings is 1. The lowest BCUT2D eigenvalue weighted by atomic mass is 9.92. The molecule has 20 heavy (non-hydrogen) atoms. The number of carboxylic acids is 1. The average Bonchev–Trinajstić information content (AvgIpc) is 2.88. The van der Waals surface area contributed by atoms with E-state index in [0.717, 1.165) is 45.3 Å². The monoisotopic (exact) mass is 278 g/mol. The quantitative estimate of drug-likeness (QED) is 0.898. The number of carboxylic acid groups (broad SMARTS) is 1. The van der Waals surface area contributed by atoms with Crippen molar-refractivity contribution in [3.05, 3.63) is 24.0 Å². The van der Waals surface area contributed by atoms with Gasteiger partial charge in [0.1, 0.15) is 5.69 Å². The number of likely N-dealkylation sites (tertiary alicyclic amines) is 1. The first-order valence-electron chi connectivity index (χ1n) is 7.22. The molecule has 0 aliphatic carbocycles. The van der Waals surface area contributed by atoms with Gasteiger partial charge in [0.05, 0.1) is 0 Å². The van der Waals surface area contributed by atoms with Crippen LogP contribution >= 0.6 is 0 Å². The van der Waals surface area contributed by atoms with Crippen LogP contribution < -0.4 is 0 Å². The van der Waals surface area contributed by atoms with E-state index in [0.29, 0.717) is 11.6 Å².